The van der Waals surface area contributed by atoms with Crippen molar-refractivity contribution in [2.45, 2.75) is 39.0 Å². The molecule has 1 aromatic carbocycles. The Morgan fingerprint density at radius 1 is 1.41 bits per heavy atom. The quantitative estimate of drug-likeness (QED) is 0.797. The molecular formula is C15H20O2. The van der Waals surface area contributed by atoms with Crippen molar-refractivity contribution >= 4 is 5.78 Å². The van der Waals surface area contributed by atoms with Gasteiger partial charge < -0.3 is 4.74 Å². The van der Waals surface area contributed by atoms with Gasteiger partial charge in [-0.3, -0.25) is 4.79 Å². The summed E-state index contributed by atoms with van der Waals surface area (Å²) in [7, 11) is 1.68. The third kappa shape index (κ3) is 2.68. The number of carbonyl (C=O) groups excluding carboxylic acids is 1. The van der Waals surface area contributed by atoms with Crippen molar-refractivity contribution in [3.63, 3.8) is 0 Å². The monoisotopic (exact) mass is 232 g/mol. The summed E-state index contributed by atoms with van der Waals surface area (Å²) in [6.07, 6.45) is 4.62. The first-order valence-electron chi connectivity index (χ1n) is 6.43. The summed E-state index contributed by atoms with van der Waals surface area (Å²) < 4.78 is 5.24. The van der Waals surface area contributed by atoms with Crippen molar-refractivity contribution in [1.82, 2.24) is 0 Å². The molecule has 1 atom stereocenters. The standard InChI is InChI=1S/C15H20O2/c1-3-4-15(16)12-6-5-11-7-8-14(17-2)10-13(11)9-12/h7-8,10,12H,3-6,9H2,1-2H3. The maximum Gasteiger partial charge on any atom is 0.136 e. The van der Waals surface area contributed by atoms with Gasteiger partial charge in [0.2, 0.25) is 0 Å². The Labute approximate surface area is 103 Å². The van der Waals surface area contributed by atoms with Gasteiger partial charge in [0.25, 0.3) is 0 Å². The second-order valence-corrected chi connectivity index (χ2v) is 4.79. The van der Waals surface area contributed by atoms with Crippen LogP contribution in [-0.2, 0) is 17.6 Å². The minimum absolute atomic E-state index is 0.231. The summed E-state index contributed by atoms with van der Waals surface area (Å²) in [4.78, 5) is 11.9. The zero-order chi connectivity index (χ0) is 12.3. The first-order valence-corrected chi connectivity index (χ1v) is 6.43. The minimum atomic E-state index is 0.231. The van der Waals surface area contributed by atoms with E-state index in [0.29, 0.717) is 5.78 Å². The van der Waals surface area contributed by atoms with Crippen LogP contribution in [0, 0.1) is 5.92 Å². The Morgan fingerprint density at radius 3 is 2.94 bits per heavy atom. The van der Waals surface area contributed by atoms with Crippen LogP contribution < -0.4 is 4.74 Å². The Hall–Kier alpha value is -1.31. The van der Waals surface area contributed by atoms with E-state index in [1.807, 2.05) is 6.07 Å². The number of Topliss-reactive ketones (excluding diaryl/α,β-unsaturated/α-hetero) is 1. The van der Waals surface area contributed by atoms with E-state index >= 15 is 0 Å². The predicted octanol–water partition coefficient (Wildman–Crippen LogP) is 3.17. The molecule has 0 N–H and O–H groups in total. The average molecular weight is 232 g/mol. The maximum atomic E-state index is 11.9. The summed E-state index contributed by atoms with van der Waals surface area (Å²) in [6.45, 7) is 2.07. The zero-order valence-electron chi connectivity index (χ0n) is 10.7. The van der Waals surface area contributed by atoms with Gasteiger partial charge in [-0.15, -0.1) is 0 Å². The number of hydrogen-bond acceptors (Lipinski definition) is 2. The molecule has 17 heavy (non-hydrogen) atoms. The molecule has 0 amide bonds. The molecule has 92 valence electrons. The number of methoxy groups -OCH3 is 1. The Bertz CT molecular complexity index is 409. The number of benzene rings is 1. The topological polar surface area (TPSA) is 26.3 Å². The molecule has 1 aromatic rings. The highest BCUT2D eigenvalue weighted by molar-refractivity contribution is 5.81. The van der Waals surface area contributed by atoms with Gasteiger partial charge >= 0.3 is 0 Å². The van der Waals surface area contributed by atoms with Gasteiger partial charge in [0.15, 0.2) is 0 Å². The molecule has 1 unspecified atom stereocenters. The van der Waals surface area contributed by atoms with Gasteiger partial charge in [-0.2, -0.15) is 0 Å². The molecule has 0 bridgehead atoms. The van der Waals surface area contributed by atoms with Gasteiger partial charge in [0.1, 0.15) is 11.5 Å². The molecule has 0 saturated heterocycles. The minimum Gasteiger partial charge on any atom is -0.497 e. The normalized spacial score (nSPS) is 18.6. The predicted molar refractivity (Wildman–Crippen MR) is 68.4 cm³/mol. The van der Waals surface area contributed by atoms with Crippen LogP contribution in [0.2, 0.25) is 0 Å². The molecule has 1 aliphatic rings. The van der Waals surface area contributed by atoms with E-state index < -0.39 is 0 Å². The maximum absolute atomic E-state index is 11.9. The van der Waals surface area contributed by atoms with Gasteiger partial charge in [-0.25, -0.2) is 0 Å². The Balaban J connectivity index is 2.14. The lowest BCUT2D eigenvalue weighted by Gasteiger charge is -2.24. The number of ether oxygens (including phenoxy) is 1. The van der Waals surface area contributed by atoms with E-state index in [1.165, 1.54) is 11.1 Å². The highest BCUT2D eigenvalue weighted by atomic mass is 16.5. The van der Waals surface area contributed by atoms with Gasteiger partial charge in [-0.1, -0.05) is 13.0 Å². The molecule has 0 saturated carbocycles. The summed E-state index contributed by atoms with van der Waals surface area (Å²) >= 11 is 0. The van der Waals surface area contributed by atoms with Gasteiger partial charge in [0.05, 0.1) is 7.11 Å². The highest BCUT2D eigenvalue weighted by Gasteiger charge is 2.23. The molecule has 0 aromatic heterocycles. The Kier molecular flexibility index (Phi) is 3.82. The number of fused-ring (bicyclic) bond motifs is 1. The Morgan fingerprint density at radius 2 is 2.24 bits per heavy atom. The largest absolute Gasteiger partial charge is 0.497 e. The van der Waals surface area contributed by atoms with E-state index in [1.54, 1.807) is 7.11 Å². The van der Waals surface area contributed by atoms with E-state index in [0.717, 1.165) is 37.9 Å². The van der Waals surface area contributed by atoms with E-state index in [2.05, 4.69) is 19.1 Å². The number of carbonyl (C=O) groups is 1. The van der Waals surface area contributed by atoms with Crippen molar-refractivity contribution in [3.8, 4) is 5.75 Å². The van der Waals surface area contributed by atoms with Crippen LogP contribution in [0.3, 0.4) is 0 Å². The number of ketones is 1. The van der Waals surface area contributed by atoms with Crippen LogP contribution >= 0.6 is 0 Å². The molecule has 0 radical (unpaired) electrons. The van der Waals surface area contributed by atoms with Crippen LogP contribution in [-0.4, -0.2) is 12.9 Å². The second kappa shape index (κ2) is 5.35. The van der Waals surface area contributed by atoms with Crippen molar-refractivity contribution < 1.29 is 9.53 Å². The van der Waals surface area contributed by atoms with Gasteiger partial charge in [0, 0.05) is 12.3 Å². The summed E-state index contributed by atoms with van der Waals surface area (Å²) in [5.41, 5.74) is 2.68. The lowest BCUT2D eigenvalue weighted by Crippen LogP contribution is -2.22. The fourth-order valence-corrected chi connectivity index (χ4v) is 2.59. The van der Waals surface area contributed by atoms with Crippen LogP contribution in [0.25, 0.3) is 0 Å². The molecule has 2 heteroatoms. The van der Waals surface area contributed by atoms with Crippen molar-refractivity contribution in [2.24, 2.45) is 5.92 Å². The smallest absolute Gasteiger partial charge is 0.136 e. The molecule has 2 nitrogen and oxygen atoms in total. The second-order valence-electron chi connectivity index (χ2n) is 4.79. The first kappa shape index (κ1) is 12.2. The summed E-state index contributed by atoms with van der Waals surface area (Å²) in [5, 5.41) is 0. The molecule has 2 rings (SSSR count). The fraction of sp³-hybridized carbons (Fsp3) is 0.533. The zero-order valence-corrected chi connectivity index (χ0v) is 10.7. The number of rotatable bonds is 4. The summed E-state index contributed by atoms with van der Waals surface area (Å²) in [5.74, 6) is 1.56. The molecule has 1 aliphatic carbocycles. The van der Waals surface area contributed by atoms with E-state index in [-0.39, 0.29) is 5.92 Å². The first-order chi connectivity index (χ1) is 8.24. The van der Waals surface area contributed by atoms with Crippen LogP contribution in [0.4, 0.5) is 0 Å². The van der Waals surface area contributed by atoms with Crippen molar-refractivity contribution in [1.29, 1.82) is 0 Å². The summed E-state index contributed by atoms with van der Waals surface area (Å²) in [6, 6.07) is 6.22. The van der Waals surface area contributed by atoms with Crippen molar-refractivity contribution in [2.75, 3.05) is 7.11 Å². The van der Waals surface area contributed by atoms with E-state index in [4.69, 9.17) is 4.74 Å². The van der Waals surface area contributed by atoms with Crippen LogP contribution in [0.15, 0.2) is 18.2 Å². The number of aryl methyl sites for hydroxylation is 1. The molecule has 0 spiro atoms. The highest BCUT2D eigenvalue weighted by Crippen LogP contribution is 2.29. The lowest BCUT2D eigenvalue weighted by molar-refractivity contribution is -0.123. The third-order valence-electron chi connectivity index (χ3n) is 3.59. The third-order valence-corrected chi connectivity index (χ3v) is 3.59. The number of hydrogen-bond donors (Lipinski definition) is 0. The molecular weight excluding hydrogens is 212 g/mol. The van der Waals surface area contributed by atoms with E-state index in [9.17, 15) is 4.79 Å². The van der Waals surface area contributed by atoms with Crippen molar-refractivity contribution in [3.05, 3.63) is 29.3 Å². The molecule has 0 aliphatic heterocycles. The van der Waals surface area contributed by atoms with Crippen LogP contribution in [0.1, 0.15) is 37.3 Å². The van der Waals surface area contributed by atoms with Gasteiger partial charge in [-0.05, 0) is 48.9 Å². The fourth-order valence-electron chi connectivity index (χ4n) is 2.59. The SMILES string of the molecule is CCCC(=O)C1CCc2ccc(OC)cc2C1. The molecule has 0 heterocycles. The van der Waals surface area contributed by atoms with Crippen LogP contribution in [0.5, 0.6) is 5.75 Å². The average Bonchev–Trinajstić information content (AvgIpc) is 2.37. The molecule has 0 fully saturated rings. The lowest BCUT2D eigenvalue weighted by atomic mass is 9.81.